The maximum Gasteiger partial charge on any atom is 0.137 e. The van der Waals surface area contributed by atoms with Crippen LogP contribution in [-0.4, -0.2) is 0 Å². The summed E-state index contributed by atoms with van der Waals surface area (Å²) in [6.45, 7) is 14.0. The van der Waals surface area contributed by atoms with Crippen LogP contribution in [0.3, 0.4) is 0 Å². The van der Waals surface area contributed by atoms with Crippen LogP contribution in [0.2, 0.25) is 0 Å². The highest BCUT2D eigenvalue weighted by Crippen LogP contribution is 2.55. The molecule has 109 heavy (non-hydrogen) atoms. The standard InChI is InChI=1S/C37H27NO.C33H25NO.C33H25NS/c1-37(2)31-15-7-5-11-26(31)27-19-18-23(22-32(27)37)38-33-21-20-25(24-10-3-4-12-28(24)33)29-14-9-17-35-36(29)30-13-6-8-16-34(30)39-35;1-33(2)27-18-15-22(21-9-4-3-5-10-21)19-26(27)24-17-16-23(20-28(24)33)34-29-12-8-14-31-32(29)25-11-6-7-13-30(25)35-31;1-33(2)27-19-22(21-9-4-3-5-10-21)15-17-24(27)25-18-16-23(20-28(25)33)34-29-12-8-14-31-32(29)26-11-6-7-13-30(26)35-31/h3-22,38H,1-2H3;2*3-20,34H,1-2H3. The van der Waals surface area contributed by atoms with Crippen LogP contribution >= 0.6 is 11.3 Å². The van der Waals surface area contributed by atoms with E-state index in [0.717, 1.165) is 66.9 Å². The number of hydrogen-bond acceptors (Lipinski definition) is 6. The van der Waals surface area contributed by atoms with Crippen LogP contribution in [0.15, 0.2) is 349 Å². The van der Waals surface area contributed by atoms with Gasteiger partial charge in [-0.2, -0.15) is 0 Å². The van der Waals surface area contributed by atoms with Crippen molar-refractivity contribution in [2.24, 2.45) is 0 Å². The van der Waals surface area contributed by atoms with E-state index in [-0.39, 0.29) is 16.2 Å². The van der Waals surface area contributed by atoms with Crippen molar-refractivity contribution in [3.8, 4) is 66.8 Å². The summed E-state index contributed by atoms with van der Waals surface area (Å²) in [4.78, 5) is 0. The third-order valence-electron chi connectivity index (χ3n) is 23.4. The van der Waals surface area contributed by atoms with E-state index in [4.69, 9.17) is 8.83 Å². The molecular formula is C103H77N3O2S. The van der Waals surface area contributed by atoms with E-state index in [9.17, 15) is 0 Å². The first kappa shape index (κ1) is 65.5. The Bertz CT molecular complexity index is 6870. The molecule has 0 amide bonds. The second kappa shape index (κ2) is 25.6. The highest BCUT2D eigenvalue weighted by Gasteiger charge is 2.39. The fourth-order valence-electron chi connectivity index (χ4n) is 17.9. The quantitative estimate of drug-likeness (QED) is 0.134. The zero-order chi connectivity index (χ0) is 73.3. The summed E-state index contributed by atoms with van der Waals surface area (Å²) in [5.41, 5.74) is 33.9. The van der Waals surface area contributed by atoms with Gasteiger partial charge in [0.05, 0.1) is 11.1 Å². The monoisotopic (exact) mass is 1420 g/mol. The minimum Gasteiger partial charge on any atom is -0.456 e. The molecule has 0 bridgehead atoms. The second-order valence-corrected chi connectivity index (χ2v) is 32.0. The van der Waals surface area contributed by atoms with Crippen molar-refractivity contribution in [3.63, 3.8) is 0 Å². The Labute approximate surface area is 638 Å². The lowest BCUT2D eigenvalue weighted by molar-refractivity contribution is 0.660. The summed E-state index contributed by atoms with van der Waals surface area (Å²) < 4.78 is 14.9. The number of thiophene rings is 1. The third-order valence-corrected chi connectivity index (χ3v) is 24.5. The molecule has 16 aromatic carbocycles. The van der Waals surface area contributed by atoms with Crippen molar-refractivity contribution in [1.29, 1.82) is 0 Å². The topological polar surface area (TPSA) is 62.4 Å². The summed E-state index contributed by atoms with van der Waals surface area (Å²) >= 11 is 1.86. The fraction of sp³-hybridized carbons (Fsp3) is 0.0874. The van der Waals surface area contributed by atoms with Gasteiger partial charge in [0.2, 0.25) is 0 Å². The van der Waals surface area contributed by atoms with Gasteiger partial charge in [-0.15, -0.1) is 11.3 Å². The molecule has 3 aliphatic rings. The Balaban J connectivity index is 0.000000108. The van der Waals surface area contributed by atoms with Gasteiger partial charge in [-0.1, -0.05) is 278 Å². The first-order valence-electron chi connectivity index (χ1n) is 37.8. The molecular weight excluding hydrogens is 1340 g/mol. The molecule has 5 nitrogen and oxygen atoms in total. The summed E-state index contributed by atoms with van der Waals surface area (Å²) in [6, 6.07) is 122. The van der Waals surface area contributed by atoms with Gasteiger partial charge in [0.1, 0.15) is 22.3 Å². The molecule has 0 saturated heterocycles. The average molecular weight is 1420 g/mol. The number of rotatable bonds is 9. The third kappa shape index (κ3) is 10.9. The molecule has 0 unspecified atom stereocenters. The number of benzene rings is 16. The SMILES string of the molecule is CC1(C)c2cc(Nc3cccc4sc5ccccc5c34)ccc2-c2ccc(-c3ccccc3)cc21.CC1(C)c2ccc(-c3ccccc3)cc2-c2ccc(Nc3cccc4oc5ccccc5c34)cc21.CC1(C)c2ccccc2-c2ccc(Nc3ccc(-c4cccc5oc6ccccc6c45)c4ccccc34)cc21. The number of fused-ring (bicyclic) bond motifs is 19. The van der Waals surface area contributed by atoms with Gasteiger partial charge in [-0.05, 0) is 209 Å². The Morgan fingerprint density at radius 2 is 0.624 bits per heavy atom. The molecule has 3 aromatic heterocycles. The molecule has 22 rings (SSSR count). The van der Waals surface area contributed by atoms with Crippen molar-refractivity contribution in [3.05, 3.63) is 373 Å². The average Bonchev–Trinajstić information content (AvgIpc) is 1.61. The van der Waals surface area contributed by atoms with Crippen LogP contribution < -0.4 is 16.0 Å². The van der Waals surface area contributed by atoms with Gasteiger partial charge < -0.3 is 24.8 Å². The first-order chi connectivity index (χ1) is 53.3. The number of para-hydroxylation sites is 2. The smallest absolute Gasteiger partial charge is 0.137 e. The second-order valence-electron chi connectivity index (χ2n) is 30.9. The van der Waals surface area contributed by atoms with Crippen molar-refractivity contribution >= 4 is 120 Å². The predicted octanol–water partition coefficient (Wildman–Crippen LogP) is 29.5. The first-order valence-corrected chi connectivity index (χ1v) is 38.6. The fourth-order valence-corrected chi connectivity index (χ4v) is 19.0. The van der Waals surface area contributed by atoms with E-state index in [1.807, 2.05) is 47.7 Å². The van der Waals surface area contributed by atoms with Gasteiger partial charge in [0.25, 0.3) is 0 Å². The van der Waals surface area contributed by atoms with Crippen molar-refractivity contribution in [2.45, 2.75) is 57.8 Å². The number of nitrogens with one attached hydrogen (secondary N) is 3. The van der Waals surface area contributed by atoms with Crippen LogP contribution in [0.5, 0.6) is 0 Å². The maximum atomic E-state index is 6.19. The van der Waals surface area contributed by atoms with Crippen LogP contribution in [0.1, 0.15) is 74.9 Å². The molecule has 3 aliphatic carbocycles. The van der Waals surface area contributed by atoms with Gasteiger partial charge in [0.15, 0.2) is 0 Å². The van der Waals surface area contributed by atoms with E-state index in [1.54, 1.807) is 0 Å². The lowest BCUT2D eigenvalue weighted by Crippen LogP contribution is -2.15. The minimum absolute atomic E-state index is 0.0262. The predicted molar refractivity (Wildman–Crippen MR) is 462 cm³/mol. The largest absolute Gasteiger partial charge is 0.456 e. The van der Waals surface area contributed by atoms with E-state index in [2.05, 4.69) is 361 Å². The van der Waals surface area contributed by atoms with Crippen LogP contribution in [0.25, 0.3) is 142 Å². The molecule has 6 heteroatoms. The molecule has 3 N–H and O–H groups in total. The van der Waals surface area contributed by atoms with E-state index in [0.29, 0.717) is 0 Å². The summed E-state index contributed by atoms with van der Waals surface area (Å²) in [5.74, 6) is 0. The Hall–Kier alpha value is -13.0. The number of furan rings is 2. The summed E-state index contributed by atoms with van der Waals surface area (Å²) in [5, 5.41) is 20.8. The maximum absolute atomic E-state index is 6.19. The molecule has 0 radical (unpaired) electrons. The van der Waals surface area contributed by atoms with Crippen LogP contribution in [-0.2, 0) is 16.2 Å². The Kier molecular flexibility index (Phi) is 15.4. The van der Waals surface area contributed by atoms with E-state index in [1.165, 1.54) is 142 Å². The molecule has 0 aliphatic heterocycles. The highest BCUT2D eigenvalue weighted by atomic mass is 32.1. The van der Waals surface area contributed by atoms with Crippen LogP contribution in [0.4, 0.5) is 34.1 Å². The normalized spacial score (nSPS) is 13.6. The zero-order valence-electron chi connectivity index (χ0n) is 61.6. The van der Waals surface area contributed by atoms with Crippen molar-refractivity contribution < 1.29 is 8.83 Å². The van der Waals surface area contributed by atoms with Gasteiger partial charge in [0, 0.05) is 86.4 Å². The lowest BCUT2D eigenvalue weighted by atomic mass is 9.81. The highest BCUT2D eigenvalue weighted by molar-refractivity contribution is 7.26. The van der Waals surface area contributed by atoms with Gasteiger partial charge in [-0.3, -0.25) is 0 Å². The zero-order valence-corrected chi connectivity index (χ0v) is 62.4. The van der Waals surface area contributed by atoms with E-state index < -0.39 is 0 Å². The van der Waals surface area contributed by atoms with Crippen molar-refractivity contribution in [2.75, 3.05) is 16.0 Å². The summed E-state index contributed by atoms with van der Waals surface area (Å²) in [7, 11) is 0. The number of anilines is 6. The number of hydrogen-bond donors (Lipinski definition) is 3. The van der Waals surface area contributed by atoms with Gasteiger partial charge in [-0.25, -0.2) is 0 Å². The van der Waals surface area contributed by atoms with Crippen molar-refractivity contribution in [1.82, 2.24) is 0 Å². The van der Waals surface area contributed by atoms with E-state index >= 15 is 0 Å². The van der Waals surface area contributed by atoms with Crippen LogP contribution in [0, 0.1) is 0 Å². The molecule has 3 heterocycles. The minimum atomic E-state index is -0.0636. The Morgan fingerprint density at radius 1 is 0.220 bits per heavy atom. The summed E-state index contributed by atoms with van der Waals surface area (Å²) in [6.07, 6.45) is 0. The molecule has 19 aromatic rings. The lowest BCUT2D eigenvalue weighted by Gasteiger charge is -2.23. The molecule has 0 saturated carbocycles. The molecule has 522 valence electrons. The molecule has 0 spiro atoms. The Morgan fingerprint density at radius 3 is 1.27 bits per heavy atom. The van der Waals surface area contributed by atoms with Gasteiger partial charge >= 0.3 is 0 Å². The molecule has 0 atom stereocenters. The molecule has 0 fully saturated rings.